The fourth-order valence-electron chi connectivity index (χ4n) is 1.50. The lowest BCUT2D eigenvalue weighted by molar-refractivity contribution is 1.03. The van der Waals surface area contributed by atoms with Gasteiger partial charge in [0.2, 0.25) is 5.13 Å². The summed E-state index contributed by atoms with van der Waals surface area (Å²) in [5.41, 5.74) is 6.75. The summed E-state index contributed by atoms with van der Waals surface area (Å²) in [7, 11) is 0. The Hall–Kier alpha value is -0.660. The van der Waals surface area contributed by atoms with Gasteiger partial charge in [0.25, 0.3) is 0 Å². The first-order chi connectivity index (χ1) is 8.74. The van der Waals surface area contributed by atoms with Crippen molar-refractivity contribution >= 4 is 39.6 Å². The van der Waals surface area contributed by atoms with Gasteiger partial charge >= 0.3 is 0 Å². The third-order valence-electron chi connectivity index (χ3n) is 2.29. The van der Waals surface area contributed by atoms with Crippen LogP contribution in [-0.4, -0.2) is 20.9 Å². The Labute approximate surface area is 119 Å². The molecule has 0 amide bonds. The van der Waals surface area contributed by atoms with Crippen molar-refractivity contribution in [2.24, 2.45) is 0 Å². The molecule has 0 saturated carbocycles. The van der Waals surface area contributed by atoms with Gasteiger partial charge in [-0.1, -0.05) is 25.2 Å². The second-order valence-corrected chi connectivity index (χ2v) is 6.93. The maximum absolute atomic E-state index is 5.64. The molecule has 0 atom stereocenters. The van der Waals surface area contributed by atoms with Crippen molar-refractivity contribution in [1.82, 2.24) is 15.2 Å². The van der Waals surface area contributed by atoms with Gasteiger partial charge in [-0.3, -0.25) is 0 Å². The molecule has 0 radical (unpaired) electrons. The zero-order chi connectivity index (χ0) is 13.0. The number of aromatic nitrogens is 3. The summed E-state index contributed by atoms with van der Waals surface area (Å²) < 4.78 is 0. The molecule has 0 bridgehead atoms. The number of aryl methyl sites for hydroxylation is 1. The molecule has 0 aliphatic carbocycles. The van der Waals surface area contributed by atoms with Gasteiger partial charge in [0.05, 0.1) is 10.6 Å². The minimum absolute atomic E-state index is 0.516. The third-order valence-corrected chi connectivity index (χ3v) is 5.65. The summed E-state index contributed by atoms with van der Waals surface area (Å²) in [6, 6.07) is 0. The molecule has 18 heavy (non-hydrogen) atoms. The maximum Gasteiger partial charge on any atom is 0.203 e. The molecular formula is C11H16N4S3. The standard InChI is InChI=1S/C11H16N4S3/c1-3-5-16-6-8-13-7(4-2)9(17-8)10-14-15-11(12)18-10/h3-6H2,1-2H3,(H2,12,15). The van der Waals surface area contributed by atoms with E-state index in [0.717, 1.165) is 27.8 Å². The molecule has 0 fully saturated rings. The Bertz CT molecular complexity index is 506. The van der Waals surface area contributed by atoms with E-state index in [-0.39, 0.29) is 0 Å². The van der Waals surface area contributed by atoms with E-state index in [4.69, 9.17) is 5.73 Å². The number of rotatable bonds is 6. The van der Waals surface area contributed by atoms with Crippen molar-refractivity contribution in [2.45, 2.75) is 32.4 Å². The predicted molar refractivity (Wildman–Crippen MR) is 81.3 cm³/mol. The lowest BCUT2D eigenvalue weighted by Crippen LogP contribution is -1.85. The molecule has 0 aliphatic rings. The lowest BCUT2D eigenvalue weighted by Gasteiger charge is -1.93. The fraction of sp³-hybridized carbons (Fsp3) is 0.545. The van der Waals surface area contributed by atoms with Crippen molar-refractivity contribution in [3.8, 4) is 9.88 Å². The smallest absolute Gasteiger partial charge is 0.203 e. The third kappa shape index (κ3) is 3.21. The van der Waals surface area contributed by atoms with Crippen molar-refractivity contribution < 1.29 is 0 Å². The van der Waals surface area contributed by atoms with Gasteiger partial charge in [-0.2, -0.15) is 11.8 Å². The van der Waals surface area contributed by atoms with Crippen molar-refractivity contribution in [1.29, 1.82) is 0 Å². The average molecular weight is 300 g/mol. The monoisotopic (exact) mass is 300 g/mol. The number of hydrogen-bond donors (Lipinski definition) is 1. The van der Waals surface area contributed by atoms with Crippen LogP contribution in [0.1, 0.15) is 31.0 Å². The van der Waals surface area contributed by atoms with E-state index in [9.17, 15) is 0 Å². The van der Waals surface area contributed by atoms with Crippen LogP contribution in [0.15, 0.2) is 0 Å². The predicted octanol–water partition coefficient (Wildman–Crippen LogP) is 3.45. The van der Waals surface area contributed by atoms with E-state index >= 15 is 0 Å². The maximum atomic E-state index is 5.64. The molecule has 0 spiro atoms. The van der Waals surface area contributed by atoms with Crippen molar-refractivity contribution in [3.05, 3.63) is 10.7 Å². The minimum atomic E-state index is 0.516. The first kappa shape index (κ1) is 13.8. The van der Waals surface area contributed by atoms with Crippen molar-refractivity contribution in [2.75, 3.05) is 11.5 Å². The Kier molecular flexibility index (Phi) is 4.96. The number of thioether (sulfide) groups is 1. The number of nitrogens with two attached hydrogens (primary N) is 1. The molecule has 2 aromatic rings. The van der Waals surface area contributed by atoms with E-state index < -0.39 is 0 Å². The van der Waals surface area contributed by atoms with Crippen molar-refractivity contribution in [3.63, 3.8) is 0 Å². The number of nitrogen functional groups attached to an aromatic ring is 1. The summed E-state index contributed by atoms with van der Waals surface area (Å²) in [6.07, 6.45) is 2.13. The molecule has 0 unspecified atom stereocenters. The zero-order valence-corrected chi connectivity index (χ0v) is 12.9. The minimum Gasteiger partial charge on any atom is -0.374 e. The van der Waals surface area contributed by atoms with Crippen LogP contribution < -0.4 is 5.73 Å². The number of hydrogen-bond acceptors (Lipinski definition) is 7. The Balaban J connectivity index is 2.19. The molecule has 7 heteroatoms. The zero-order valence-electron chi connectivity index (χ0n) is 10.5. The quantitative estimate of drug-likeness (QED) is 0.828. The van der Waals surface area contributed by atoms with Gasteiger partial charge in [-0.05, 0) is 18.6 Å². The first-order valence-corrected chi connectivity index (χ1v) is 8.69. The highest BCUT2D eigenvalue weighted by molar-refractivity contribution is 7.98. The molecule has 98 valence electrons. The highest BCUT2D eigenvalue weighted by atomic mass is 32.2. The summed E-state index contributed by atoms with van der Waals surface area (Å²) in [5.74, 6) is 2.17. The van der Waals surface area contributed by atoms with Crippen LogP contribution in [0, 0.1) is 0 Å². The van der Waals surface area contributed by atoms with E-state index in [1.165, 1.54) is 28.5 Å². The largest absolute Gasteiger partial charge is 0.374 e. The van der Waals surface area contributed by atoms with Crippen LogP contribution in [0.3, 0.4) is 0 Å². The fourth-order valence-corrected chi connectivity index (χ4v) is 4.31. The Morgan fingerprint density at radius 3 is 2.67 bits per heavy atom. The SMILES string of the molecule is CCCSCc1nc(CC)c(-c2nnc(N)s2)s1. The number of anilines is 1. The molecule has 2 N–H and O–H groups in total. The van der Waals surface area contributed by atoms with E-state index in [1.54, 1.807) is 11.3 Å². The molecule has 4 nitrogen and oxygen atoms in total. The highest BCUT2D eigenvalue weighted by Gasteiger charge is 2.15. The van der Waals surface area contributed by atoms with Crippen LogP contribution in [0.5, 0.6) is 0 Å². The molecule has 2 aromatic heterocycles. The molecule has 2 rings (SSSR count). The highest BCUT2D eigenvalue weighted by Crippen LogP contribution is 2.34. The van der Waals surface area contributed by atoms with Gasteiger partial charge in [-0.25, -0.2) is 4.98 Å². The van der Waals surface area contributed by atoms with Crippen LogP contribution in [0.4, 0.5) is 5.13 Å². The van der Waals surface area contributed by atoms with E-state index in [0.29, 0.717) is 5.13 Å². The van der Waals surface area contributed by atoms with Crippen LogP contribution in [-0.2, 0) is 12.2 Å². The molecule has 0 saturated heterocycles. The summed E-state index contributed by atoms with van der Waals surface area (Å²) >= 11 is 5.08. The lowest BCUT2D eigenvalue weighted by atomic mass is 10.3. The van der Waals surface area contributed by atoms with Gasteiger partial charge in [0.1, 0.15) is 5.01 Å². The first-order valence-electron chi connectivity index (χ1n) is 5.90. The molecule has 0 aliphatic heterocycles. The Morgan fingerprint density at radius 1 is 1.22 bits per heavy atom. The molecular weight excluding hydrogens is 284 g/mol. The number of thiazole rings is 1. The average Bonchev–Trinajstić information content (AvgIpc) is 2.95. The number of nitrogens with zero attached hydrogens (tertiary/aromatic N) is 3. The van der Waals surface area contributed by atoms with Gasteiger partial charge < -0.3 is 5.73 Å². The van der Waals surface area contributed by atoms with E-state index in [2.05, 4.69) is 29.0 Å². The summed E-state index contributed by atoms with van der Waals surface area (Å²) in [6.45, 7) is 4.31. The summed E-state index contributed by atoms with van der Waals surface area (Å²) in [4.78, 5) is 5.82. The topological polar surface area (TPSA) is 64.7 Å². The second kappa shape index (κ2) is 6.49. The Morgan fingerprint density at radius 2 is 2.06 bits per heavy atom. The van der Waals surface area contributed by atoms with Gasteiger partial charge in [0, 0.05) is 5.75 Å². The van der Waals surface area contributed by atoms with Gasteiger partial charge in [0.15, 0.2) is 5.01 Å². The van der Waals surface area contributed by atoms with Crippen LogP contribution in [0.25, 0.3) is 9.88 Å². The van der Waals surface area contributed by atoms with E-state index in [1.807, 2.05) is 11.8 Å². The second-order valence-electron chi connectivity index (χ2n) is 3.74. The van der Waals surface area contributed by atoms with Gasteiger partial charge in [-0.15, -0.1) is 21.5 Å². The molecule has 0 aromatic carbocycles. The summed E-state index contributed by atoms with van der Waals surface area (Å²) in [5, 5.41) is 10.6. The molecule has 2 heterocycles. The normalized spacial score (nSPS) is 11.0. The van der Waals surface area contributed by atoms with Crippen LogP contribution >= 0.6 is 34.4 Å². The van der Waals surface area contributed by atoms with Crippen LogP contribution in [0.2, 0.25) is 0 Å².